The van der Waals surface area contributed by atoms with E-state index in [1.807, 2.05) is 0 Å². The molecule has 0 radical (unpaired) electrons. The molecule has 4 aromatic rings. The maximum Gasteiger partial charge on any atom is 0.137 e. The van der Waals surface area contributed by atoms with Crippen LogP contribution in [-0.2, 0) is 19.3 Å². The largest absolute Gasteiger partial charge is 0.217 e. The second-order valence-corrected chi connectivity index (χ2v) is 12.9. The molecule has 0 aliphatic carbocycles. The molecule has 0 bridgehead atoms. The zero-order chi connectivity index (χ0) is 31.4. The molecule has 0 unspecified atom stereocenters. The summed E-state index contributed by atoms with van der Waals surface area (Å²) >= 11 is 0. The van der Waals surface area contributed by atoms with Crippen molar-refractivity contribution in [2.24, 2.45) is 0 Å². The minimum Gasteiger partial charge on any atom is -0.217 e. The average molecular weight is 562 g/mol. The van der Waals surface area contributed by atoms with E-state index in [1.165, 1.54) is 100 Å². The minimum absolute atomic E-state index is 0.718. The highest BCUT2D eigenvalue weighted by Gasteiger charge is 2.20. The number of hydrogen-bond donors (Lipinski definition) is 0. The molecule has 3 aromatic carbocycles. The maximum absolute atomic E-state index is 5.17. The lowest BCUT2D eigenvalue weighted by atomic mass is 9.87. The molecule has 0 aliphatic heterocycles. The van der Waals surface area contributed by atoms with Gasteiger partial charge in [-0.3, -0.25) is 0 Å². The molecule has 0 amide bonds. The third-order valence-corrected chi connectivity index (χ3v) is 11.2. The summed E-state index contributed by atoms with van der Waals surface area (Å²) in [4.78, 5) is 15.5. The van der Waals surface area contributed by atoms with Gasteiger partial charge in [0.15, 0.2) is 0 Å². The van der Waals surface area contributed by atoms with Crippen LogP contribution < -0.4 is 0 Å². The molecule has 0 spiro atoms. The van der Waals surface area contributed by atoms with E-state index in [1.54, 1.807) is 0 Å². The molecule has 4 rings (SSSR count). The first-order valence-electron chi connectivity index (χ1n) is 15.5. The molecule has 0 N–H and O–H groups in total. The van der Waals surface area contributed by atoms with Crippen LogP contribution in [0, 0.1) is 104 Å². The van der Waals surface area contributed by atoms with Crippen LogP contribution in [0.5, 0.6) is 0 Å². The Hall–Kier alpha value is -3.33. The van der Waals surface area contributed by atoms with Crippen molar-refractivity contribution in [3.8, 4) is 0 Å². The summed E-state index contributed by atoms with van der Waals surface area (Å²) in [6.07, 6.45) is 2.15. The van der Waals surface area contributed by atoms with Gasteiger partial charge >= 0.3 is 0 Å². The van der Waals surface area contributed by atoms with Gasteiger partial charge in [-0.15, -0.1) is 0 Å². The van der Waals surface area contributed by atoms with Crippen LogP contribution in [0.1, 0.15) is 118 Å². The average Bonchev–Trinajstić information content (AvgIpc) is 2.97. The van der Waals surface area contributed by atoms with Gasteiger partial charge in [0, 0.05) is 19.3 Å². The Bertz CT molecular complexity index is 1430. The molecule has 0 saturated heterocycles. The second kappa shape index (κ2) is 11.7. The van der Waals surface area contributed by atoms with E-state index < -0.39 is 0 Å². The van der Waals surface area contributed by atoms with Crippen molar-refractivity contribution >= 4 is 0 Å². The standard InChI is InChI=1S/C39H51N3/c1-19-22(4)28(10)34(29(11)23(19)5)16-37-40-38(17-35-30(12)24(6)20(2)25(7)31(35)13)42-39(41-37)18-36-32(14)26(8)21(3)27(9)33(36)15/h16-18H2,1-15H3. The highest BCUT2D eigenvalue weighted by Crippen LogP contribution is 2.31. The number of nitrogens with zero attached hydrogens (tertiary/aromatic N) is 3. The van der Waals surface area contributed by atoms with E-state index in [-0.39, 0.29) is 0 Å². The monoisotopic (exact) mass is 561 g/mol. The number of aromatic nitrogens is 3. The molecule has 0 aliphatic rings. The van der Waals surface area contributed by atoms with Gasteiger partial charge in [-0.2, -0.15) is 0 Å². The molecule has 0 fully saturated rings. The fraction of sp³-hybridized carbons (Fsp3) is 0.462. The van der Waals surface area contributed by atoms with Crippen molar-refractivity contribution < 1.29 is 0 Å². The van der Waals surface area contributed by atoms with E-state index in [9.17, 15) is 0 Å². The van der Waals surface area contributed by atoms with Gasteiger partial charge in [0.1, 0.15) is 17.5 Å². The first-order chi connectivity index (χ1) is 19.6. The third-order valence-electron chi connectivity index (χ3n) is 11.2. The van der Waals surface area contributed by atoms with Gasteiger partial charge in [-0.25, -0.2) is 15.0 Å². The number of rotatable bonds is 6. The van der Waals surface area contributed by atoms with Crippen LogP contribution in [-0.4, -0.2) is 15.0 Å². The van der Waals surface area contributed by atoms with Crippen molar-refractivity contribution in [3.63, 3.8) is 0 Å². The molecule has 1 aromatic heterocycles. The summed E-state index contributed by atoms with van der Waals surface area (Å²) in [5.74, 6) is 2.61. The van der Waals surface area contributed by atoms with Gasteiger partial charge in [0.05, 0.1) is 0 Å². The Morgan fingerprint density at radius 2 is 0.381 bits per heavy atom. The summed E-state index contributed by atoms with van der Waals surface area (Å²) in [5, 5.41) is 0. The van der Waals surface area contributed by atoms with Crippen LogP contribution in [0.15, 0.2) is 0 Å². The number of hydrogen-bond acceptors (Lipinski definition) is 3. The third kappa shape index (κ3) is 5.43. The molecular weight excluding hydrogens is 510 g/mol. The Kier molecular flexibility index (Phi) is 8.84. The van der Waals surface area contributed by atoms with E-state index in [2.05, 4.69) is 104 Å². The molecule has 0 saturated carbocycles. The lowest BCUT2D eigenvalue weighted by Gasteiger charge is -2.21. The molecule has 0 atom stereocenters. The van der Waals surface area contributed by atoms with Crippen molar-refractivity contribution in [1.29, 1.82) is 0 Å². The lowest BCUT2D eigenvalue weighted by molar-refractivity contribution is 0.786. The lowest BCUT2D eigenvalue weighted by Crippen LogP contribution is -2.14. The van der Waals surface area contributed by atoms with Crippen LogP contribution in [0.4, 0.5) is 0 Å². The molecular formula is C39H51N3. The first kappa shape index (κ1) is 31.6. The SMILES string of the molecule is Cc1c(C)c(C)c(Cc2nc(Cc3c(C)c(C)c(C)c(C)c3C)nc(Cc3c(C)c(C)c(C)c(C)c3C)n2)c(C)c1C. The molecule has 3 nitrogen and oxygen atoms in total. The van der Waals surface area contributed by atoms with E-state index in [4.69, 9.17) is 15.0 Å². The normalized spacial score (nSPS) is 11.5. The second-order valence-electron chi connectivity index (χ2n) is 12.9. The summed E-state index contributed by atoms with van der Waals surface area (Å²) in [7, 11) is 0. The van der Waals surface area contributed by atoms with E-state index in [0.717, 1.165) is 36.7 Å². The van der Waals surface area contributed by atoms with Gasteiger partial charge in [-0.1, -0.05) is 0 Å². The van der Waals surface area contributed by atoms with Crippen molar-refractivity contribution in [2.75, 3.05) is 0 Å². The van der Waals surface area contributed by atoms with Gasteiger partial charge in [0.25, 0.3) is 0 Å². The molecule has 1 heterocycles. The van der Waals surface area contributed by atoms with Gasteiger partial charge in [-0.05, 0) is 204 Å². The predicted octanol–water partition coefficient (Wildman–Crippen LogP) is 9.27. The van der Waals surface area contributed by atoms with E-state index in [0.29, 0.717) is 0 Å². The molecule has 222 valence electrons. The van der Waals surface area contributed by atoms with Gasteiger partial charge < -0.3 is 0 Å². The Morgan fingerprint density at radius 3 is 0.548 bits per heavy atom. The number of benzene rings is 3. The Morgan fingerprint density at radius 1 is 0.238 bits per heavy atom. The Balaban J connectivity index is 1.90. The summed E-state index contributed by atoms with van der Waals surface area (Å²) < 4.78 is 0. The quantitative estimate of drug-likeness (QED) is 0.235. The Labute approximate surface area is 255 Å². The summed E-state index contributed by atoms with van der Waals surface area (Å²) in [6.45, 7) is 33.7. The van der Waals surface area contributed by atoms with Crippen molar-refractivity contribution in [3.05, 3.63) is 118 Å². The smallest absolute Gasteiger partial charge is 0.137 e. The van der Waals surface area contributed by atoms with Crippen LogP contribution in [0.2, 0.25) is 0 Å². The highest BCUT2D eigenvalue weighted by molar-refractivity contribution is 5.53. The minimum atomic E-state index is 0.718. The van der Waals surface area contributed by atoms with Crippen molar-refractivity contribution in [1.82, 2.24) is 15.0 Å². The zero-order valence-electron chi connectivity index (χ0n) is 29.0. The fourth-order valence-corrected chi connectivity index (χ4v) is 6.76. The van der Waals surface area contributed by atoms with E-state index >= 15 is 0 Å². The van der Waals surface area contributed by atoms with Crippen LogP contribution in [0.25, 0.3) is 0 Å². The topological polar surface area (TPSA) is 38.7 Å². The van der Waals surface area contributed by atoms with Gasteiger partial charge in [0.2, 0.25) is 0 Å². The van der Waals surface area contributed by atoms with Crippen LogP contribution >= 0.6 is 0 Å². The molecule has 42 heavy (non-hydrogen) atoms. The zero-order valence-corrected chi connectivity index (χ0v) is 29.0. The fourth-order valence-electron chi connectivity index (χ4n) is 6.76. The summed E-state index contributed by atoms with van der Waals surface area (Å²) in [5.41, 5.74) is 24.6. The highest BCUT2D eigenvalue weighted by atomic mass is 15.0. The predicted molar refractivity (Wildman–Crippen MR) is 179 cm³/mol. The van der Waals surface area contributed by atoms with Crippen LogP contribution in [0.3, 0.4) is 0 Å². The molecule has 3 heteroatoms. The maximum atomic E-state index is 5.17. The summed E-state index contributed by atoms with van der Waals surface area (Å²) in [6, 6.07) is 0. The van der Waals surface area contributed by atoms with Crippen molar-refractivity contribution in [2.45, 2.75) is 123 Å². The first-order valence-corrected chi connectivity index (χ1v) is 15.5.